The van der Waals surface area contributed by atoms with E-state index in [1.165, 1.54) is 12.5 Å². The molecule has 0 aliphatic rings. The lowest BCUT2D eigenvalue weighted by Gasteiger charge is -2.21. The third-order valence-electron chi connectivity index (χ3n) is 1.99. The Hall–Kier alpha value is -0.590. The van der Waals surface area contributed by atoms with Crippen LogP contribution in [0.2, 0.25) is 0 Å². The van der Waals surface area contributed by atoms with Crippen molar-refractivity contribution in [2.75, 3.05) is 5.88 Å². The van der Waals surface area contributed by atoms with Gasteiger partial charge in [0, 0.05) is 24.2 Å². The molecule has 0 amide bonds. The van der Waals surface area contributed by atoms with Crippen molar-refractivity contribution in [1.82, 2.24) is 14.3 Å². The molecule has 1 heterocycles. The van der Waals surface area contributed by atoms with Crippen molar-refractivity contribution >= 4 is 21.6 Å². The first-order valence-corrected chi connectivity index (χ1v) is 6.94. The van der Waals surface area contributed by atoms with Gasteiger partial charge >= 0.3 is 0 Å². The van der Waals surface area contributed by atoms with Crippen LogP contribution in [0.1, 0.15) is 20.8 Å². The molecule has 0 aliphatic heterocycles. The number of hydrogen-bond donors (Lipinski definition) is 1. The summed E-state index contributed by atoms with van der Waals surface area (Å²) in [6.45, 7) is 6.03. The number of hydrogen-bond acceptors (Lipinski definition) is 3. The van der Waals surface area contributed by atoms with Gasteiger partial charge in [-0.15, -0.1) is 11.6 Å². The first-order chi connectivity index (χ1) is 7.30. The number of halogens is 1. The van der Waals surface area contributed by atoms with Gasteiger partial charge in [-0.3, -0.25) is 0 Å². The average molecular weight is 266 g/mol. The molecule has 0 unspecified atom stereocenters. The highest BCUT2D eigenvalue weighted by Gasteiger charge is 2.26. The van der Waals surface area contributed by atoms with E-state index >= 15 is 0 Å². The lowest BCUT2D eigenvalue weighted by molar-refractivity contribution is 0.494. The molecule has 1 aromatic heterocycles. The minimum Gasteiger partial charge on any atom is -0.336 e. The lowest BCUT2D eigenvalue weighted by atomic mass is 10.1. The molecule has 1 N–H and O–H groups in total. The van der Waals surface area contributed by atoms with Gasteiger partial charge in [0.25, 0.3) is 10.0 Å². The van der Waals surface area contributed by atoms with Crippen LogP contribution in [0.3, 0.4) is 0 Å². The summed E-state index contributed by atoms with van der Waals surface area (Å²) >= 11 is 5.67. The maximum absolute atomic E-state index is 11.9. The number of nitrogens with zero attached hydrogens (tertiary/aromatic N) is 2. The number of nitrogens with one attached hydrogen (secondary N) is 1. The van der Waals surface area contributed by atoms with Gasteiger partial charge in [0.05, 0.1) is 6.33 Å². The topological polar surface area (TPSA) is 64.0 Å². The van der Waals surface area contributed by atoms with E-state index in [1.54, 1.807) is 18.4 Å². The first kappa shape index (κ1) is 13.5. The molecule has 0 saturated carbocycles. The summed E-state index contributed by atoms with van der Waals surface area (Å²) in [6.07, 6.45) is 2.98. The quantitative estimate of drug-likeness (QED) is 0.814. The summed E-state index contributed by atoms with van der Waals surface area (Å²) in [7, 11) is -3.59. The SMILES string of the molecule is CCn1cnc(S(=O)(=O)NC(C)(C)CCl)c1. The molecular weight excluding hydrogens is 250 g/mol. The molecule has 0 fully saturated rings. The van der Waals surface area contributed by atoms with E-state index in [2.05, 4.69) is 9.71 Å². The normalized spacial score (nSPS) is 13.0. The second-order valence-corrected chi connectivity index (χ2v) is 6.06. The Morgan fingerprint density at radius 3 is 2.62 bits per heavy atom. The Morgan fingerprint density at radius 2 is 2.19 bits per heavy atom. The fourth-order valence-corrected chi connectivity index (χ4v) is 2.60. The fraction of sp³-hybridized carbons (Fsp3) is 0.667. The molecule has 0 saturated heterocycles. The van der Waals surface area contributed by atoms with Crippen LogP contribution in [0.25, 0.3) is 0 Å². The van der Waals surface area contributed by atoms with Gasteiger partial charge in [-0.25, -0.2) is 18.1 Å². The molecule has 1 aromatic rings. The van der Waals surface area contributed by atoms with E-state index < -0.39 is 15.6 Å². The standard InChI is InChI=1S/C9H16ClN3O2S/c1-4-13-5-8(11-7-13)16(14,15)12-9(2,3)6-10/h5,7,12H,4,6H2,1-3H3. The van der Waals surface area contributed by atoms with Crippen LogP contribution in [-0.2, 0) is 16.6 Å². The van der Waals surface area contributed by atoms with E-state index in [4.69, 9.17) is 11.6 Å². The van der Waals surface area contributed by atoms with Crippen LogP contribution < -0.4 is 4.72 Å². The van der Waals surface area contributed by atoms with Crippen LogP contribution in [-0.4, -0.2) is 29.4 Å². The van der Waals surface area contributed by atoms with Crippen LogP contribution in [0.15, 0.2) is 17.6 Å². The molecule has 0 radical (unpaired) electrons. The summed E-state index contributed by atoms with van der Waals surface area (Å²) in [4.78, 5) is 3.85. The van der Waals surface area contributed by atoms with Crippen molar-refractivity contribution in [3.63, 3.8) is 0 Å². The molecule has 0 bridgehead atoms. The van der Waals surface area contributed by atoms with Gasteiger partial charge in [-0.2, -0.15) is 0 Å². The minimum atomic E-state index is -3.59. The second-order valence-electron chi connectivity index (χ2n) is 4.17. The zero-order chi connectivity index (χ0) is 12.4. The van der Waals surface area contributed by atoms with Crippen molar-refractivity contribution in [3.05, 3.63) is 12.5 Å². The smallest absolute Gasteiger partial charge is 0.260 e. The van der Waals surface area contributed by atoms with Crippen LogP contribution >= 0.6 is 11.6 Å². The summed E-state index contributed by atoms with van der Waals surface area (Å²) in [5.74, 6) is 0.195. The van der Waals surface area contributed by atoms with Crippen LogP contribution in [0.5, 0.6) is 0 Å². The van der Waals surface area contributed by atoms with E-state index in [1.807, 2.05) is 6.92 Å². The molecular formula is C9H16ClN3O2S. The summed E-state index contributed by atoms with van der Waals surface area (Å²) < 4.78 is 28.0. The third-order valence-corrected chi connectivity index (χ3v) is 4.25. The monoisotopic (exact) mass is 265 g/mol. The zero-order valence-electron chi connectivity index (χ0n) is 9.57. The maximum Gasteiger partial charge on any atom is 0.260 e. The van der Waals surface area contributed by atoms with Crippen LogP contribution in [0, 0.1) is 0 Å². The number of imidazole rings is 1. The number of rotatable bonds is 5. The molecule has 0 aliphatic carbocycles. The van der Waals surface area contributed by atoms with E-state index in [9.17, 15) is 8.42 Å². The highest BCUT2D eigenvalue weighted by Crippen LogP contribution is 2.12. The van der Waals surface area contributed by atoms with Gasteiger partial charge in [-0.1, -0.05) is 0 Å². The van der Waals surface area contributed by atoms with Crippen molar-refractivity contribution in [3.8, 4) is 0 Å². The highest BCUT2D eigenvalue weighted by molar-refractivity contribution is 7.89. The largest absolute Gasteiger partial charge is 0.336 e. The predicted molar refractivity (Wildman–Crippen MR) is 63.0 cm³/mol. The minimum absolute atomic E-state index is 0.0209. The Morgan fingerprint density at radius 1 is 1.56 bits per heavy atom. The van der Waals surface area contributed by atoms with Gasteiger partial charge in [0.15, 0.2) is 5.03 Å². The molecule has 92 valence electrons. The van der Waals surface area contributed by atoms with Crippen LogP contribution in [0.4, 0.5) is 0 Å². The van der Waals surface area contributed by atoms with Crippen molar-refractivity contribution in [1.29, 1.82) is 0 Å². The summed E-state index contributed by atoms with van der Waals surface area (Å²) in [5, 5.41) is 0.0209. The Kier molecular flexibility index (Phi) is 3.98. The summed E-state index contributed by atoms with van der Waals surface area (Å²) in [6, 6.07) is 0. The first-order valence-electron chi connectivity index (χ1n) is 4.92. The number of aromatic nitrogens is 2. The lowest BCUT2D eigenvalue weighted by Crippen LogP contribution is -2.44. The number of alkyl halides is 1. The Labute approximate surface area is 101 Å². The highest BCUT2D eigenvalue weighted by atomic mass is 35.5. The van der Waals surface area contributed by atoms with Gasteiger partial charge < -0.3 is 4.57 Å². The Balaban J connectivity index is 2.94. The van der Waals surface area contributed by atoms with Gasteiger partial charge in [0.1, 0.15) is 0 Å². The molecule has 0 spiro atoms. The Bertz CT molecular complexity index is 453. The van der Waals surface area contributed by atoms with E-state index in [-0.39, 0.29) is 10.9 Å². The fourth-order valence-electron chi connectivity index (χ4n) is 1.09. The molecule has 16 heavy (non-hydrogen) atoms. The number of sulfonamides is 1. The van der Waals surface area contributed by atoms with Gasteiger partial charge in [0.2, 0.25) is 0 Å². The molecule has 5 nitrogen and oxygen atoms in total. The molecule has 1 rings (SSSR count). The number of aryl methyl sites for hydroxylation is 1. The molecule has 7 heteroatoms. The maximum atomic E-state index is 11.9. The van der Waals surface area contributed by atoms with Gasteiger partial charge in [-0.05, 0) is 20.8 Å². The predicted octanol–water partition coefficient (Wildman–Crippen LogP) is 1.20. The average Bonchev–Trinajstić information content (AvgIpc) is 2.65. The van der Waals surface area contributed by atoms with E-state index in [0.717, 1.165) is 0 Å². The third kappa shape index (κ3) is 3.20. The summed E-state index contributed by atoms with van der Waals surface area (Å²) in [5.41, 5.74) is -0.684. The van der Waals surface area contributed by atoms with E-state index in [0.29, 0.717) is 6.54 Å². The molecule has 0 atom stereocenters. The molecule has 0 aromatic carbocycles. The van der Waals surface area contributed by atoms with Crippen molar-refractivity contribution in [2.24, 2.45) is 0 Å². The second kappa shape index (κ2) is 4.73. The van der Waals surface area contributed by atoms with Crippen molar-refractivity contribution in [2.45, 2.75) is 37.9 Å². The zero-order valence-corrected chi connectivity index (χ0v) is 11.1. The van der Waals surface area contributed by atoms with Crippen molar-refractivity contribution < 1.29 is 8.42 Å².